The average molecular weight is 239 g/mol. The highest BCUT2D eigenvalue weighted by Gasteiger charge is 2.38. The molecule has 0 spiro atoms. The first-order valence-corrected chi connectivity index (χ1v) is 7.16. The van der Waals surface area contributed by atoms with Crippen LogP contribution in [0.3, 0.4) is 0 Å². The van der Waals surface area contributed by atoms with E-state index in [1.54, 1.807) is 12.1 Å². The van der Waals surface area contributed by atoms with Gasteiger partial charge < -0.3 is 5.73 Å². The van der Waals surface area contributed by atoms with E-state index in [-0.39, 0.29) is 23.6 Å². The summed E-state index contributed by atoms with van der Waals surface area (Å²) in [6.07, 6.45) is 0. The van der Waals surface area contributed by atoms with Gasteiger partial charge in [-0.15, -0.1) is 0 Å². The highest BCUT2D eigenvalue weighted by atomic mass is 32.2. The highest BCUT2D eigenvalue weighted by Crippen LogP contribution is 2.37. The van der Waals surface area contributed by atoms with Gasteiger partial charge in [0.2, 0.25) is 0 Å². The molecule has 1 heterocycles. The zero-order valence-corrected chi connectivity index (χ0v) is 10.4. The Labute approximate surface area is 96.6 Å². The third-order valence-corrected chi connectivity index (χ3v) is 5.13. The quantitative estimate of drug-likeness (QED) is 0.851. The van der Waals surface area contributed by atoms with Crippen molar-refractivity contribution in [1.82, 2.24) is 0 Å². The molecule has 1 aromatic carbocycles. The fraction of sp³-hybridized carbons (Fsp3) is 0.500. The molecule has 1 aliphatic rings. The Hall–Kier alpha value is -0.870. The zero-order valence-electron chi connectivity index (χ0n) is 9.55. The zero-order chi connectivity index (χ0) is 11.9. The van der Waals surface area contributed by atoms with Crippen LogP contribution in [0, 0.1) is 5.92 Å². The van der Waals surface area contributed by atoms with Gasteiger partial charge in [-0.05, 0) is 17.5 Å². The van der Waals surface area contributed by atoms with Crippen LogP contribution in [-0.4, -0.2) is 20.2 Å². The molecule has 0 amide bonds. The minimum atomic E-state index is -3.11. The molecule has 0 aliphatic carbocycles. The van der Waals surface area contributed by atoms with Crippen LogP contribution in [-0.2, 0) is 9.84 Å². The molecule has 16 heavy (non-hydrogen) atoms. The molecule has 0 aromatic heterocycles. The highest BCUT2D eigenvalue weighted by molar-refractivity contribution is 7.91. The van der Waals surface area contributed by atoms with Crippen LogP contribution in [0.25, 0.3) is 0 Å². The maximum Gasteiger partial charge on any atom is 0.179 e. The van der Waals surface area contributed by atoms with E-state index in [2.05, 4.69) is 0 Å². The maximum atomic E-state index is 11.9. The molecule has 0 saturated carbocycles. The van der Waals surface area contributed by atoms with Gasteiger partial charge in [0, 0.05) is 12.0 Å². The monoisotopic (exact) mass is 239 g/mol. The molecule has 3 nitrogen and oxygen atoms in total. The second-order valence-electron chi connectivity index (χ2n) is 4.75. The Morgan fingerprint density at radius 2 is 1.94 bits per heavy atom. The van der Waals surface area contributed by atoms with E-state index in [4.69, 9.17) is 5.73 Å². The fourth-order valence-electron chi connectivity index (χ4n) is 2.27. The van der Waals surface area contributed by atoms with E-state index < -0.39 is 9.84 Å². The standard InChI is InChI=1S/C12H17NO2S/c1-8(2)12(13)10-7-16(14,15)11-6-4-3-5-9(10)11/h3-6,8,10,12H,7,13H2,1-2H3. The Balaban J connectivity index is 2.49. The SMILES string of the molecule is CC(C)C(N)C1CS(=O)(=O)c2ccccc21. The van der Waals surface area contributed by atoms with Crippen LogP contribution < -0.4 is 5.73 Å². The molecule has 0 bridgehead atoms. The number of fused-ring (bicyclic) bond motifs is 1. The Morgan fingerprint density at radius 3 is 2.56 bits per heavy atom. The summed E-state index contributed by atoms with van der Waals surface area (Å²) < 4.78 is 23.9. The first kappa shape index (κ1) is 11.6. The van der Waals surface area contributed by atoms with Crippen molar-refractivity contribution >= 4 is 9.84 Å². The van der Waals surface area contributed by atoms with Crippen LogP contribution in [0.2, 0.25) is 0 Å². The van der Waals surface area contributed by atoms with Crippen molar-refractivity contribution in [3.05, 3.63) is 29.8 Å². The van der Waals surface area contributed by atoms with Gasteiger partial charge in [-0.2, -0.15) is 0 Å². The van der Waals surface area contributed by atoms with Gasteiger partial charge in [0.1, 0.15) is 0 Å². The summed E-state index contributed by atoms with van der Waals surface area (Å²) in [6.45, 7) is 4.05. The van der Waals surface area contributed by atoms with E-state index in [0.29, 0.717) is 4.90 Å². The van der Waals surface area contributed by atoms with Crippen molar-refractivity contribution in [2.24, 2.45) is 11.7 Å². The molecule has 1 aliphatic heterocycles. The third kappa shape index (κ3) is 1.76. The van der Waals surface area contributed by atoms with Crippen molar-refractivity contribution in [2.75, 3.05) is 5.75 Å². The van der Waals surface area contributed by atoms with Gasteiger partial charge in [-0.1, -0.05) is 32.0 Å². The second-order valence-corrected chi connectivity index (χ2v) is 6.75. The lowest BCUT2D eigenvalue weighted by atomic mass is 9.87. The van der Waals surface area contributed by atoms with Gasteiger partial charge in [-0.3, -0.25) is 0 Å². The first-order chi connectivity index (χ1) is 7.43. The Morgan fingerprint density at radius 1 is 1.31 bits per heavy atom. The summed E-state index contributed by atoms with van der Waals surface area (Å²) in [7, 11) is -3.11. The molecule has 2 unspecified atom stereocenters. The predicted molar refractivity (Wildman–Crippen MR) is 64.0 cm³/mol. The lowest BCUT2D eigenvalue weighted by Gasteiger charge is -2.22. The predicted octanol–water partition coefficient (Wildman–Crippen LogP) is 1.54. The minimum Gasteiger partial charge on any atom is -0.327 e. The largest absolute Gasteiger partial charge is 0.327 e. The van der Waals surface area contributed by atoms with E-state index in [9.17, 15) is 8.42 Å². The Kier molecular flexibility index (Phi) is 2.80. The van der Waals surface area contributed by atoms with Crippen LogP contribution in [0.1, 0.15) is 25.3 Å². The molecule has 4 heteroatoms. The summed E-state index contributed by atoms with van der Waals surface area (Å²) in [6, 6.07) is 7.10. The summed E-state index contributed by atoms with van der Waals surface area (Å²) >= 11 is 0. The van der Waals surface area contributed by atoms with Crippen molar-refractivity contribution in [3.63, 3.8) is 0 Å². The number of benzene rings is 1. The fourth-order valence-corrected chi connectivity index (χ4v) is 4.19. The molecular formula is C12H17NO2S. The summed E-state index contributed by atoms with van der Waals surface area (Å²) in [4.78, 5) is 0.469. The normalized spacial score (nSPS) is 24.4. The van der Waals surface area contributed by atoms with E-state index >= 15 is 0 Å². The molecule has 88 valence electrons. The van der Waals surface area contributed by atoms with Crippen LogP contribution >= 0.6 is 0 Å². The van der Waals surface area contributed by atoms with Crippen LogP contribution in [0.15, 0.2) is 29.2 Å². The van der Waals surface area contributed by atoms with E-state index in [1.165, 1.54) is 0 Å². The topological polar surface area (TPSA) is 60.2 Å². The number of sulfone groups is 1. The van der Waals surface area contributed by atoms with Crippen LogP contribution in [0.5, 0.6) is 0 Å². The molecule has 0 radical (unpaired) electrons. The summed E-state index contributed by atoms with van der Waals surface area (Å²) in [5, 5.41) is 0. The average Bonchev–Trinajstić information content (AvgIpc) is 2.51. The third-order valence-electron chi connectivity index (χ3n) is 3.29. The first-order valence-electron chi connectivity index (χ1n) is 5.51. The van der Waals surface area contributed by atoms with Gasteiger partial charge in [0.25, 0.3) is 0 Å². The second kappa shape index (κ2) is 3.86. The van der Waals surface area contributed by atoms with Crippen molar-refractivity contribution in [2.45, 2.75) is 30.7 Å². The maximum absolute atomic E-state index is 11.9. The molecule has 0 saturated heterocycles. The minimum absolute atomic E-state index is 0.0544. The number of hydrogen-bond acceptors (Lipinski definition) is 3. The van der Waals surface area contributed by atoms with Gasteiger partial charge in [0.05, 0.1) is 10.6 Å². The van der Waals surface area contributed by atoms with Gasteiger partial charge >= 0.3 is 0 Å². The Bertz CT molecular complexity index is 493. The number of nitrogens with two attached hydrogens (primary N) is 1. The van der Waals surface area contributed by atoms with Crippen molar-refractivity contribution < 1.29 is 8.42 Å². The molecule has 1 aromatic rings. The van der Waals surface area contributed by atoms with E-state index in [0.717, 1.165) is 5.56 Å². The summed E-state index contributed by atoms with van der Waals surface area (Å²) in [5.74, 6) is 0.388. The van der Waals surface area contributed by atoms with Gasteiger partial charge in [-0.25, -0.2) is 8.42 Å². The van der Waals surface area contributed by atoms with Crippen molar-refractivity contribution in [1.29, 1.82) is 0 Å². The van der Waals surface area contributed by atoms with Crippen LogP contribution in [0.4, 0.5) is 0 Å². The summed E-state index contributed by atoms with van der Waals surface area (Å²) in [5.41, 5.74) is 6.99. The van der Waals surface area contributed by atoms with Crippen molar-refractivity contribution in [3.8, 4) is 0 Å². The number of rotatable bonds is 2. The van der Waals surface area contributed by atoms with E-state index in [1.807, 2.05) is 26.0 Å². The molecule has 0 fully saturated rings. The smallest absolute Gasteiger partial charge is 0.179 e. The molecule has 2 N–H and O–H groups in total. The molecule has 2 rings (SSSR count). The lowest BCUT2D eigenvalue weighted by Crippen LogP contribution is -2.34. The molecular weight excluding hydrogens is 222 g/mol. The van der Waals surface area contributed by atoms with Gasteiger partial charge in [0.15, 0.2) is 9.84 Å². The number of hydrogen-bond donors (Lipinski definition) is 1. The lowest BCUT2D eigenvalue weighted by molar-refractivity contribution is 0.437. The molecule has 2 atom stereocenters.